The minimum Gasteiger partial charge on any atom is -0.466 e. The van der Waals surface area contributed by atoms with Crippen LogP contribution in [0.2, 0.25) is 0 Å². The average molecular weight is 225 g/mol. The van der Waals surface area contributed by atoms with Crippen LogP contribution in [0.4, 0.5) is 0 Å². The Bertz CT molecular complexity index is 146. The van der Waals surface area contributed by atoms with E-state index in [1.807, 2.05) is 0 Å². The van der Waals surface area contributed by atoms with E-state index in [0.29, 0.717) is 5.33 Å². The summed E-state index contributed by atoms with van der Waals surface area (Å²) in [5.74, 6) is -0.958. The number of carbonyl (C=O) groups is 2. The number of hydrogen-bond acceptors (Lipinski definition) is 4. The SMILES string of the molecule is COC(=O)COC(=O)CCBr. The molecule has 0 aromatic carbocycles. The summed E-state index contributed by atoms with van der Waals surface area (Å²) in [6, 6.07) is 0. The average Bonchev–Trinajstić information content (AvgIpc) is 2.01. The Morgan fingerprint density at radius 2 is 2.00 bits per heavy atom. The highest BCUT2D eigenvalue weighted by Gasteiger charge is 2.05. The van der Waals surface area contributed by atoms with Crippen molar-refractivity contribution in [1.29, 1.82) is 0 Å². The molecule has 64 valence electrons. The normalized spacial score (nSPS) is 8.91. The van der Waals surface area contributed by atoms with Gasteiger partial charge in [0.2, 0.25) is 0 Å². The summed E-state index contributed by atoms with van der Waals surface area (Å²) in [7, 11) is 1.24. The van der Waals surface area contributed by atoms with Crippen molar-refractivity contribution in [2.45, 2.75) is 6.42 Å². The lowest BCUT2D eigenvalue weighted by molar-refractivity contribution is -0.156. The van der Waals surface area contributed by atoms with Crippen molar-refractivity contribution in [1.82, 2.24) is 0 Å². The predicted octanol–water partition coefficient (Wildman–Crippen LogP) is 0.488. The number of carbonyl (C=O) groups excluding carboxylic acids is 2. The first kappa shape index (κ1) is 10.4. The summed E-state index contributed by atoms with van der Waals surface area (Å²) in [5.41, 5.74) is 0. The molecule has 0 aliphatic rings. The molecule has 0 heterocycles. The summed E-state index contributed by atoms with van der Waals surface area (Å²) >= 11 is 3.06. The first-order chi connectivity index (χ1) is 5.20. The van der Waals surface area contributed by atoms with Crippen LogP contribution in [0.3, 0.4) is 0 Å². The molecular formula is C6H9BrO4. The van der Waals surface area contributed by atoms with Gasteiger partial charge >= 0.3 is 11.9 Å². The van der Waals surface area contributed by atoms with E-state index in [0.717, 1.165) is 0 Å². The van der Waals surface area contributed by atoms with Crippen LogP contribution in [0, 0.1) is 0 Å². The van der Waals surface area contributed by atoms with Gasteiger partial charge in [-0.15, -0.1) is 0 Å². The van der Waals surface area contributed by atoms with Crippen LogP contribution in [0.25, 0.3) is 0 Å². The van der Waals surface area contributed by atoms with Crippen LogP contribution in [-0.2, 0) is 19.1 Å². The topological polar surface area (TPSA) is 52.6 Å². The number of alkyl halides is 1. The third-order valence-corrected chi connectivity index (χ3v) is 1.27. The quantitative estimate of drug-likeness (QED) is 0.516. The van der Waals surface area contributed by atoms with Crippen LogP contribution in [0.5, 0.6) is 0 Å². The predicted molar refractivity (Wildman–Crippen MR) is 41.4 cm³/mol. The maximum absolute atomic E-state index is 10.6. The molecule has 0 amide bonds. The van der Waals surface area contributed by atoms with Crippen molar-refractivity contribution >= 4 is 27.9 Å². The van der Waals surface area contributed by atoms with E-state index < -0.39 is 11.9 Å². The van der Waals surface area contributed by atoms with Crippen LogP contribution < -0.4 is 0 Å². The molecule has 0 aromatic heterocycles. The zero-order valence-corrected chi connectivity index (χ0v) is 7.72. The van der Waals surface area contributed by atoms with Gasteiger partial charge in [-0.05, 0) is 0 Å². The molecule has 11 heavy (non-hydrogen) atoms. The molecule has 5 heteroatoms. The Labute approximate surface area is 73.0 Å². The van der Waals surface area contributed by atoms with E-state index in [9.17, 15) is 9.59 Å². The van der Waals surface area contributed by atoms with Crippen LogP contribution in [0.1, 0.15) is 6.42 Å². The molecule has 0 saturated heterocycles. The fraction of sp³-hybridized carbons (Fsp3) is 0.667. The summed E-state index contributed by atoms with van der Waals surface area (Å²) < 4.78 is 8.74. The molecule has 0 aliphatic heterocycles. The first-order valence-corrected chi connectivity index (χ1v) is 4.11. The van der Waals surface area contributed by atoms with Crippen molar-refractivity contribution in [3.63, 3.8) is 0 Å². The molecule has 0 atom stereocenters. The van der Waals surface area contributed by atoms with Crippen molar-refractivity contribution in [3.8, 4) is 0 Å². The number of hydrogen-bond donors (Lipinski definition) is 0. The lowest BCUT2D eigenvalue weighted by atomic mass is 10.5. The van der Waals surface area contributed by atoms with Crippen molar-refractivity contribution < 1.29 is 19.1 Å². The van der Waals surface area contributed by atoms with E-state index in [-0.39, 0.29) is 13.0 Å². The van der Waals surface area contributed by atoms with Crippen LogP contribution in [0.15, 0.2) is 0 Å². The van der Waals surface area contributed by atoms with E-state index in [1.165, 1.54) is 7.11 Å². The van der Waals surface area contributed by atoms with Crippen molar-refractivity contribution in [2.24, 2.45) is 0 Å². The van der Waals surface area contributed by atoms with Crippen LogP contribution in [-0.4, -0.2) is 31.0 Å². The number of rotatable bonds is 4. The Morgan fingerprint density at radius 1 is 1.36 bits per heavy atom. The van der Waals surface area contributed by atoms with Gasteiger partial charge in [0.1, 0.15) is 0 Å². The second-order valence-corrected chi connectivity index (χ2v) is 2.47. The van der Waals surface area contributed by atoms with Crippen LogP contribution >= 0.6 is 15.9 Å². The van der Waals surface area contributed by atoms with Gasteiger partial charge in [0, 0.05) is 5.33 Å². The van der Waals surface area contributed by atoms with Crippen molar-refractivity contribution in [3.05, 3.63) is 0 Å². The zero-order chi connectivity index (χ0) is 8.69. The molecule has 0 unspecified atom stereocenters. The highest BCUT2D eigenvalue weighted by molar-refractivity contribution is 9.09. The lowest BCUT2D eigenvalue weighted by Crippen LogP contribution is -2.14. The third-order valence-electron chi connectivity index (χ3n) is 0.877. The number of halogens is 1. The Kier molecular flexibility index (Phi) is 5.83. The summed E-state index contributed by atoms with van der Waals surface area (Å²) in [4.78, 5) is 21.0. The summed E-state index contributed by atoms with van der Waals surface area (Å²) in [5, 5.41) is 0.535. The van der Waals surface area contributed by atoms with Gasteiger partial charge < -0.3 is 9.47 Å². The monoisotopic (exact) mass is 224 g/mol. The highest BCUT2D eigenvalue weighted by atomic mass is 79.9. The summed E-state index contributed by atoms with van der Waals surface area (Å²) in [6.07, 6.45) is 0.261. The van der Waals surface area contributed by atoms with Crippen molar-refractivity contribution in [2.75, 3.05) is 19.0 Å². The number of esters is 2. The molecule has 0 bridgehead atoms. The molecule has 0 aliphatic carbocycles. The number of ether oxygens (including phenoxy) is 2. The second-order valence-electron chi connectivity index (χ2n) is 1.68. The van der Waals surface area contributed by atoms with E-state index >= 15 is 0 Å². The smallest absolute Gasteiger partial charge is 0.344 e. The molecule has 0 radical (unpaired) electrons. The van der Waals surface area contributed by atoms with Gasteiger partial charge in [0.15, 0.2) is 6.61 Å². The molecule has 0 N–H and O–H groups in total. The van der Waals surface area contributed by atoms with Gasteiger partial charge in [-0.25, -0.2) is 4.79 Å². The summed E-state index contributed by atoms with van der Waals surface area (Å²) in [6.45, 7) is -0.303. The number of methoxy groups -OCH3 is 1. The van der Waals surface area contributed by atoms with Gasteiger partial charge in [-0.3, -0.25) is 4.79 Å². The fourth-order valence-corrected chi connectivity index (χ4v) is 0.671. The Balaban J connectivity index is 3.38. The maximum Gasteiger partial charge on any atom is 0.344 e. The minimum absolute atomic E-state index is 0.261. The van der Waals surface area contributed by atoms with Gasteiger partial charge in [-0.2, -0.15) is 0 Å². The molecule has 4 nitrogen and oxygen atoms in total. The molecule has 0 fully saturated rings. The molecule has 0 aromatic rings. The standard InChI is InChI=1S/C6H9BrO4/c1-10-6(9)4-11-5(8)2-3-7/h2-4H2,1H3. The zero-order valence-electron chi connectivity index (χ0n) is 6.13. The Morgan fingerprint density at radius 3 is 2.45 bits per heavy atom. The van der Waals surface area contributed by atoms with Gasteiger partial charge in [0.05, 0.1) is 13.5 Å². The maximum atomic E-state index is 10.6. The molecular weight excluding hydrogens is 216 g/mol. The fourth-order valence-electron chi connectivity index (χ4n) is 0.348. The largest absolute Gasteiger partial charge is 0.466 e. The second kappa shape index (κ2) is 6.15. The third kappa shape index (κ3) is 5.84. The molecule has 0 rings (SSSR count). The van der Waals surface area contributed by atoms with Gasteiger partial charge in [0.25, 0.3) is 0 Å². The minimum atomic E-state index is -0.548. The van der Waals surface area contributed by atoms with Gasteiger partial charge in [-0.1, -0.05) is 15.9 Å². The molecule has 0 saturated carbocycles. The van der Waals surface area contributed by atoms with E-state index in [4.69, 9.17) is 0 Å². The molecule has 0 spiro atoms. The highest BCUT2D eigenvalue weighted by Crippen LogP contribution is 1.91. The lowest BCUT2D eigenvalue weighted by Gasteiger charge is -2.00. The Hall–Kier alpha value is -0.580. The van der Waals surface area contributed by atoms with E-state index in [2.05, 4.69) is 25.4 Å². The van der Waals surface area contributed by atoms with E-state index in [1.54, 1.807) is 0 Å². The first-order valence-electron chi connectivity index (χ1n) is 2.99.